The summed E-state index contributed by atoms with van der Waals surface area (Å²) >= 11 is 0. The van der Waals surface area contributed by atoms with E-state index in [1.54, 1.807) is 6.07 Å². The SMILES string of the molecule is COc1c(F)cccc1CC(C)(C)CN. The highest BCUT2D eigenvalue weighted by molar-refractivity contribution is 5.35. The topological polar surface area (TPSA) is 35.2 Å². The van der Waals surface area contributed by atoms with E-state index < -0.39 is 0 Å². The van der Waals surface area contributed by atoms with Crippen molar-refractivity contribution in [2.75, 3.05) is 13.7 Å². The maximum Gasteiger partial charge on any atom is 0.165 e. The largest absolute Gasteiger partial charge is 0.493 e. The van der Waals surface area contributed by atoms with E-state index in [-0.39, 0.29) is 11.2 Å². The minimum Gasteiger partial charge on any atom is -0.493 e. The average molecular weight is 211 g/mol. The number of para-hydroxylation sites is 1. The summed E-state index contributed by atoms with van der Waals surface area (Å²) in [5, 5.41) is 0. The van der Waals surface area contributed by atoms with Gasteiger partial charge in [0.25, 0.3) is 0 Å². The van der Waals surface area contributed by atoms with Gasteiger partial charge in [-0.05, 0) is 30.0 Å². The van der Waals surface area contributed by atoms with Gasteiger partial charge in [0.15, 0.2) is 11.6 Å². The van der Waals surface area contributed by atoms with Gasteiger partial charge >= 0.3 is 0 Å². The van der Waals surface area contributed by atoms with Gasteiger partial charge in [-0.25, -0.2) is 4.39 Å². The molecule has 0 aliphatic heterocycles. The van der Waals surface area contributed by atoms with Crippen LogP contribution in [0, 0.1) is 11.2 Å². The van der Waals surface area contributed by atoms with Crippen molar-refractivity contribution >= 4 is 0 Å². The van der Waals surface area contributed by atoms with Crippen molar-refractivity contribution in [1.82, 2.24) is 0 Å². The number of methoxy groups -OCH3 is 1. The van der Waals surface area contributed by atoms with Crippen molar-refractivity contribution in [3.63, 3.8) is 0 Å². The number of hydrogen-bond acceptors (Lipinski definition) is 2. The van der Waals surface area contributed by atoms with Gasteiger partial charge in [-0.1, -0.05) is 26.0 Å². The van der Waals surface area contributed by atoms with Crippen LogP contribution >= 0.6 is 0 Å². The first-order valence-corrected chi connectivity index (χ1v) is 5.01. The van der Waals surface area contributed by atoms with Crippen LogP contribution in [-0.4, -0.2) is 13.7 Å². The molecule has 84 valence electrons. The minimum atomic E-state index is -0.317. The molecule has 0 saturated heterocycles. The Morgan fingerprint density at radius 1 is 1.40 bits per heavy atom. The molecule has 0 bridgehead atoms. The fraction of sp³-hybridized carbons (Fsp3) is 0.500. The Labute approximate surface area is 90.2 Å². The Morgan fingerprint density at radius 3 is 2.60 bits per heavy atom. The summed E-state index contributed by atoms with van der Waals surface area (Å²) in [6.07, 6.45) is 0.713. The first-order chi connectivity index (χ1) is 7.00. The van der Waals surface area contributed by atoms with Gasteiger partial charge < -0.3 is 10.5 Å². The molecule has 1 aromatic rings. The monoisotopic (exact) mass is 211 g/mol. The lowest BCUT2D eigenvalue weighted by Crippen LogP contribution is -2.26. The Hall–Kier alpha value is -1.09. The first-order valence-electron chi connectivity index (χ1n) is 5.01. The summed E-state index contributed by atoms with van der Waals surface area (Å²) < 4.78 is 18.4. The second-order valence-electron chi connectivity index (χ2n) is 4.48. The van der Waals surface area contributed by atoms with Gasteiger partial charge in [0, 0.05) is 0 Å². The lowest BCUT2D eigenvalue weighted by atomic mass is 9.85. The van der Waals surface area contributed by atoms with Crippen molar-refractivity contribution in [1.29, 1.82) is 0 Å². The van der Waals surface area contributed by atoms with Crippen LogP contribution in [0.25, 0.3) is 0 Å². The zero-order valence-electron chi connectivity index (χ0n) is 9.51. The van der Waals surface area contributed by atoms with Crippen LogP contribution < -0.4 is 10.5 Å². The van der Waals surface area contributed by atoms with Crippen molar-refractivity contribution in [3.05, 3.63) is 29.6 Å². The molecule has 0 heterocycles. The van der Waals surface area contributed by atoms with Crippen molar-refractivity contribution in [2.45, 2.75) is 20.3 Å². The number of halogens is 1. The molecule has 0 unspecified atom stereocenters. The Kier molecular flexibility index (Phi) is 3.69. The molecule has 0 aliphatic carbocycles. The third kappa shape index (κ3) is 2.93. The van der Waals surface area contributed by atoms with Crippen molar-refractivity contribution in [2.24, 2.45) is 11.1 Å². The fourth-order valence-corrected chi connectivity index (χ4v) is 1.51. The van der Waals surface area contributed by atoms with Gasteiger partial charge in [-0.15, -0.1) is 0 Å². The van der Waals surface area contributed by atoms with E-state index in [4.69, 9.17) is 10.5 Å². The zero-order chi connectivity index (χ0) is 11.5. The van der Waals surface area contributed by atoms with Crippen molar-refractivity contribution < 1.29 is 9.13 Å². The van der Waals surface area contributed by atoms with E-state index in [9.17, 15) is 4.39 Å². The predicted octanol–water partition coefficient (Wildman–Crippen LogP) is 2.36. The molecule has 0 fully saturated rings. The third-order valence-corrected chi connectivity index (χ3v) is 2.47. The quantitative estimate of drug-likeness (QED) is 0.829. The van der Waals surface area contributed by atoms with E-state index in [2.05, 4.69) is 13.8 Å². The van der Waals surface area contributed by atoms with Gasteiger partial charge in [0.1, 0.15) is 0 Å². The highest BCUT2D eigenvalue weighted by atomic mass is 19.1. The van der Waals surface area contributed by atoms with Crippen LogP contribution in [-0.2, 0) is 6.42 Å². The summed E-state index contributed by atoms with van der Waals surface area (Å²) in [6.45, 7) is 4.67. The smallest absolute Gasteiger partial charge is 0.165 e. The molecule has 0 radical (unpaired) electrons. The normalized spacial score (nSPS) is 11.5. The summed E-state index contributed by atoms with van der Waals surface area (Å²) in [4.78, 5) is 0. The number of benzene rings is 1. The number of nitrogens with two attached hydrogens (primary N) is 1. The van der Waals surface area contributed by atoms with Crippen LogP contribution in [0.2, 0.25) is 0 Å². The second kappa shape index (κ2) is 4.62. The highest BCUT2D eigenvalue weighted by Gasteiger charge is 2.19. The number of hydrogen-bond donors (Lipinski definition) is 1. The molecule has 0 aromatic heterocycles. The maximum absolute atomic E-state index is 13.4. The molecular weight excluding hydrogens is 193 g/mol. The molecule has 0 amide bonds. The van der Waals surface area contributed by atoms with E-state index in [1.807, 2.05) is 6.07 Å². The number of ether oxygens (including phenoxy) is 1. The van der Waals surface area contributed by atoms with Crippen LogP contribution in [0.5, 0.6) is 5.75 Å². The predicted molar refractivity (Wildman–Crippen MR) is 59.5 cm³/mol. The Balaban J connectivity index is 2.99. The molecule has 0 saturated carbocycles. The molecule has 3 heteroatoms. The number of rotatable bonds is 4. The Bertz CT molecular complexity index is 336. The summed E-state index contributed by atoms with van der Waals surface area (Å²) in [6, 6.07) is 4.97. The molecular formula is C12H18FNO. The highest BCUT2D eigenvalue weighted by Crippen LogP contribution is 2.28. The lowest BCUT2D eigenvalue weighted by Gasteiger charge is -2.23. The van der Waals surface area contributed by atoms with Crippen LogP contribution in [0.15, 0.2) is 18.2 Å². The average Bonchev–Trinajstić information content (AvgIpc) is 2.18. The van der Waals surface area contributed by atoms with Gasteiger partial charge in [0.05, 0.1) is 7.11 Å². The summed E-state index contributed by atoms with van der Waals surface area (Å²) in [7, 11) is 1.48. The Morgan fingerprint density at radius 2 is 2.07 bits per heavy atom. The first kappa shape index (κ1) is 12.0. The molecule has 2 N–H and O–H groups in total. The fourth-order valence-electron chi connectivity index (χ4n) is 1.51. The third-order valence-electron chi connectivity index (χ3n) is 2.47. The van der Waals surface area contributed by atoms with E-state index >= 15 is 0 Å². The minimum absolute atomic E-state index is 0.0406. The lowest BCUT2D eigenvalue weighted by molar-refractivity contribution is 0.348. The van der Waals surface area contributed by atoms with Crippen LogP contribution in [0.3, 0.4) is 0 Å². The summed E-state index contributed by atoms with van der Waals surface area (Å²) in [5.74, 6) is 0.0156. The molecule has 1 aromatic carbocycles. The van der Waals surface area contributed by atoms with E-state index in [1.165, 1.54) is 13.2 Å². The van der Waals surface area contributed by atoms with Gasteiger partial charge in [-0.2, -0.15) is 0 Å². The zero-order valence-corrected chi connectivity index (χ0v) is 9.51. The molecule has 15 heavy (non-hydrogen) atoms. The molecule has 0 atom stereocenters. The van der Waals surface area contributed by atoms with Gasteiger partial charge in [0.2, 0.25) is 0 Å². The molecule has 0 aliphatic rings. The summed E-state index contributed by atoms with van der Waals surface area (Å²) in [5.41, 5.74) is 6.48. The second-order valence-corrected chi connectivity index (χ2v) is 4.48. The van der Waals surface area contributed by atoms with Gasteiger partial charge in [-0.3, -0.25) is 0 Å². The molecule has 2 nitrogen and oxygen atoms in total. The van der Waals surface area contributed by atoms with E-state index in [0.29, 0.717) is 18.7 Å². The maximum atomic E-state index is 13.4. The molecule has 0 spiro atoms. The van der Waals surface area contributed by atoms with Crippen LogP contribution in [0.1, 0.15) is 19.4 Å². The van der Waals surface area contributed by atoms with Crippen LogP contribution in [0.4, 0.5) is 4.39 Å². The standard InChI is InChI=1S/C12H18FNO/c1-12(2,8-14)7-9-5-4-6-10(13)11(9)15-3/h4-6H,7-8,14H2,1-3H3. The van der Waals surface area contributed by atoms with E-state index in [0.717, 1.165) is 5.56 Å². The molecule has 1 rings (SSSR count). The van der Waals surface area contributed by atoms with Crippen molar-refractivity contribution in [3.8, 4) is 5.75 Å².